The van der Waals surface area contributed by atoms with Crippen molar-refractivity contribution in [3.8, 4) is 5.75 Å². The van der Waals surface area contributed by atoms with E-state index in [-0.39, 0.29) is 18.6 Å². The van der Waals surface area contributed by atoms with Gasteiger partial charge in [0.1, 0.15) is 5.75 Å². The van der Waals surface area contributed by atoms with Gasteiger partial charge in [-0.25, -0.2) is 0 Å². The summed E-state index contributed by atoms with van der Waals surface area (Å²) in [4.78, 5) is 12.3. The lowest BCUT2D eigenvalue weighted by Crippen LogP contribution is -2.29. The SMILES string of the molecule is CC(C)Oc1ccc(Cl)cc1C(=O)NCC(O)c1ccsc1. The fraction of sp³-hybridized carbons (Fsp3) is 0.312. The van der Waals surface area contributed by atoms with Crippen LogP contribution >= 0.6 is 22.9 Å². The van der Waals surface area contributed by atoms with Crippen LogP contribution in [0.1, 0.15) is 35.9 Å². The number of hydrogen-bond donors (Lipinski definition) is 2. The van der Waals surface area contributed by atoms with Gasteiger partial charge in [-0.2, -0.15) is 11.3 Å². The molecule has 1 heterocycles. The van der Waals surface area contributed by atoms with Gasteiger partial charge in [0.15, 0.2) is 0 Å². The van der Waals surface area contributed by atoms with Crippen LogP contribution in [0.2, 0.25) is 5.02 Å². The number of nitrogens with one attached hydrogen (secondary N) is 1. The van der Waals surface area contributed by atoms with E-state index in [1.165, 1.54) is 11.3 Å². The molecule has 0 radical (unpaired) electrons. The highest BCUT2D eigenvalue weighted by atomic mass is 35.5. The lowest BCUT2D eigenvalue weighted by atomic mass is 10.1. The molecule has 1 amide bonds. The van der Waals surface area contributed by atoms with Crippen molar-refractivity contribution >= 4 is 28.8 Å². The van der Waals surface area contributed by atoms with E-state index in [9.17, 15) is 9.90 Å². The van der Waals surface area contributed by atoms with Crippen molar-refractivity contribution in [3.05, 3.63) is 51.2 Å². The molecule has 0 saturated heterocycles. The van der Waals surface area contributed by atoms with E-state index in [0.29, 0.717) is 16.3 Å². The quantitative estimate of drug-likeness (QED) is 0.844. The molecule has 0 saturated carbocycles. The summed E-state index contributed by atoms with van der Waals surface area (Å²) in [6.07, 6.45) is -0.784. The molecule has 1 aromatic heterocycles. The van der Waals surface area contributed by atoms with Crippen LogP contribution < -0.4 is 10.1 Å². The highest BCUT2D eigenvalue weighted by Gasteiger charge is 2.16. The summed E-state index contributed by atoms with van der Waals surface area (Å²) in [6.45, 7) is 3.90. The minimum atomic E-state index is -0.733. The third-order valence-electron chi connectivity index (χ3n) is 2.93. The summed E-state index contributed by atoms with van der Waals surface area (Å²) in [5.74, 6) is 0.148. The minimum absolute atomic E-state index is 0.0517. The number of benzene rings is 1. The molecule has 0 fully saturated rings. The Balaban J connectivity index is 2.07. The molecular weight excluding hydrogens is 322 g/mol. The first-order valence-corrected chi connectivity index (χ1v) is 8.24. The van der Waals surface area contributed by atoms with Crippen molar-refractivity contribution in [2.45, 2.75) is 26.1 Å². The van der Waals surface area contributed by atoms with E-state index in [1.54, 1.807) is 18.2 Å². The summed E-state index contributed by atoms with van der Waals surface area (Å²) in [7, 11) is 0. The maximum Gasteiger partial charge on any atom is 0.255 e. The third-order valence-corrected chi connectivity index (χ3v) is 3.87. The maximum absolute atomic E-state index is 12.3. The van der Waals surface area contributed by atoms with Gasteiger partial charge in [0, 0.05) is 11.6 Å². The minimum Gasteiger partial charge on any atom is -0.490 e. The maximum atomic E-state index is 12.3. The molecule has 22 heavy (non-hydrogen) atoms. The Morgan fingerprint density at radius 3 is 2.82 bits per heavy atom. The predicted molar refractivity (Wildman–Crippen MR) is 88.8 cm³/mol. The van der Waals surface area contributed by atoms with E-state index in [4.69, 9.17) is 16.3 Å². The second-order valence-electron chi connectivity index (χ2n) is 5.09. The molecule has 0 spiro atoms. The van der Waals surface area contributed by atoms with Crippen LogP contribution in [-0.2, 0) is 0 Å². The summed E-state index contributed by atoms with van der Waals surface area (Å²) in [5.41, 5.74) is 1.15. The van der Waals surface area contributed by atoms with E-state index in [1.807, 2.05) is 30.7 Å². The molecule has 1 atom stereocenters. The molecule has 1 aromatic carbocycles. The molecule has 0 aliphatic rings. The zero-order chi connectivity index (χ0) is 16.1. The Morgan fingerprint density at radius 2 is 2.18 bits per heavy atom. The number of ether oxygens (including phenoxy) is 1. The number of aliphatic hydroxyl groups excluding tert-OH is 1. The number of rotatable bonds is 6. The smallest absolute Gasteiger partial charge is 0.255 e. The largest absolute Gasteiger partial charge is 0.490 e. The normalized spacial score (nSPS) is 12.2. The van der Waals surface area contributed by atoms with Crippen LogP contribution in [0, 0.1) is 0 Å². The Labute approximate surface area is 138 Å². The molecule has 0 aliphatic carbocycles. The molecule has 2 N–H and O–H groups in total. The number of aliphatic hydroxyl groups is 1. The predicted octanol–water partition coefficient (Wildman–Crippen LogP) is 3.65. The number of carbonyl (C=O) groups excluding carboxylic acids is 1. The Morgan fingerprint density at radius 1 is 1.41 bits per heavy atom. The second-order valence-corrected chi connectivity index (χ2v) is 6.31. The molecule has 2 aromatic rings. The summed E-state index contributed by atoms with van der Waals surface area (Å²) in [6, 6.07) is 6.74. The van der Waals surface area contributed by atoms with Gasteiger partial charge >= 0.3 is 0 Å². The van der Waals surface area contributed by atoms with Crippen molar-refractivity contribution in [1.29, 1.82) is 0 Å². The van der Waals surface area contributed by atoms with Crippen LogP contribution in [0.4, 0.5) is 0 Å². The van der Waals surface area contributed by atoms with Crippen LogP contribution in [0.15, 0.2) is 35.0 Å². The first kappa shape index (κ1) is 16.8. The lowest BCUT2D eigenvalue weighted by Gasteiger charge is -2.15. The van der Waals surface area contributed by atoms with Crippen LogP contribution in [-0.4, -0.2) is 23.7 Å². The molecule has 2 rings (SSSR count). The van der Waals surface area contributed by atoms with Gasteiger partial charge in [-0.15, -0.1) is 0 Å². The van der Waals surface area contributed by atoms with Gasteiger partial charge in [0.2, 0.25) is 0 Å². The molecule has 4 nitrogen and oxygen atoms in total. The Hall–Kier alpha value is -1.56. The van der Waals surface area contributed by atoms with Crippen LogP contribution in [0.5, 0.6) is 5.75 Å². The number of halogens is 1. The van der Waals surface area contributed by atoms with Crippen LogP contribution in [0.3, 0.4) is 0 Å². The number of thiophene rings is 1. The average molecular weight is 340 g/mol. The number of carbonyl (C=O) groups is 1. The van der Waals surface area contributed by atoms with Gasteiger partial charge in [-0.3, -0.25) is 4.79 Å². The molecule has 0 aliphatic heterocycles. The molecule has 0 bridgehead atoms. The van der Waals surface area contributed by atoms with Gasteiger partial charge in [-0.05, 0) is 54.4 Å². The van der Waals surface area contributed by atoms with E-state index < -0.39 is 6.10 Å². The average Bonchev–Trinajstić information content (AvgIpc) is 3.00. The first-order chi connectivity index (χ1) is 10.5. The highest BCUT2D eigenvalue weighted by Crippen LogP contribution is 2.24. The van der Waals surface area contributed by atoms with Crippen molar-refractivity contribution in [2.24, 2.45) is 0 Å². The zero-order valence-corrected chi connectivity index (χ0v) is 13.9. The topological polar surface area (TPSA) is 58.6 Å². The summed E-state index contributed by atoms with van der Waals surface area (Å²) >= 11 is 7.46. The van der Waals surface area contributed by atoms with Gasteiger partial charge < -0.3 is 15.2 Å². The van der Waals surface area contributed by atoms with E-state index in [0.717, 1.165) is 5.56 Å². The van der Waals surface area contributed by atoms with Crippen molar-refractivity contribution in [2.75, 3.05) is 6.54 Å². The van der Waals surface area contributed by atoms with E-state index in [2.05, 4.69) is 5.32 Å². The fourth-order valence-corrected chi connectivity index (χ4v) is 2.78. The molecule has 118 valence electrons. The van der Waals surface area contributed by atoms with Gasteiger partial charge in [-0.1, -0.05) is 11.6 Å². The first-order valence-electron chi connectivity index (χ1n) is 6.92. The lowest BCUT2D eigenvalue weighted by molar-refractivity contribution is 0.0911. The van der Waals surface area contributed by atoms with Gasteiger partial charge in [0.05, 0.1) is 17.8 Å². The summed E-state index contributed by atoms with van der Waals surface area (Å²) < 4.78 is 5.62. The van der Waals surface area contributed by atoms with Crippen molar-refractivity contribution in [3.63, 3.8) is 0 Å². The fourth-order valence-electron chi connectivity index (χ4n) is 1.90. The van der Waals surface area contributed by atoms with Gasteiger partial charge in [0.25, 0.3) is 5.91 Å². The third kappa shape index (κ3) is 4.47. The molecular formula is C16H18ClNO3S. The monoisotopic (exact) mass is 339 g/mol. The molecule has 6 heteroatoms. The standard InChI is InChI=1S/C16H18ClNO3S/c1-10(2)21-15-4-3-12(17)7-13(15)16(20)18-8-14(19)11-5-6-22-9-11/h3-7,9-10,14,19H,8H2,1-2H3,(H,18,20). The second kappa shape index (κ2) is 7.63. The molecule has 1 unspecified atom stereocenters. The Bertz CT molecular complexity index is 628. The number of hydrogen-bond acceptors (Lipinski definition) is 4. The van der Waals surface area contributed by atoms with Crippen molar-refractivity contribution < 1.29 is 14.6 Å². The van der Waals surface area contributed by atoms with Crippen molar-refractivity contribution in [1.82, 2.24) is 5.32 Å². The Kier molecular flexibility index (Phi) is 5.83. The zero-order valence-electron chi connectivity index (χ0n) is 12.4. The number of amides is 1. The van der Waals surface area contributed by atoms with Crippen LogP contribution in [0.25, 0.3) is 0 Å². The summed E-state index contributed by atoms with van der Waals surface area (Å²) in [5, 5.41) is 16.9. The van der Waals surface area contributed by atoms with E-state index >= 15 is 0 Å². The highest BCUT2D eigenvalue weighted by molar-refractivity contribution is 7.07.